The van der Waals surface area contributed by atoms with E-state index in [0.29, 0.717) is 0 Å². The number of benzene rings is 3. The lowest BCUT2D eigenvalue weighted by Gasteiger charge is -2.06. The first-order valence-corrected chi connectivity index (χ1v) is 7.61. The van der Waals surface area contributed by atoms with Gasteiger partial charge in [-0.05, 0) is 55.5 Å². The standard InChI is InChI=1S/C18H8Br2/c19-9-7-13-3-1-5-15-11-16-6-2-4-14(8-10-20)18(16)12-17(13)15/h1-6,11-12H. The molecule has 0 saturated heterocycles. The summed E-state index contributed by atoms with van der Waals surface area (Å²) >= 11 is 6.34. The Labute approximate surface area is 134 Å². The summed E-state index contributed by atoms with van der Waals surface area (Å²) in [6, 6.07) is 16.7. The fourth-order valence-electron chi connectivity index (χ4n) is 2.37. The van der Waals surface area contributed by atoms with E-state index in [1.807, 2.05) is 24.3 Å². The van der Waals surface area contributed by atoms with E-state index in [1.54, 1.807) is 0 Å². The minimum Gasteiger partial charge on any atom is -0.0604 e. The van der Waals surface area contributed by atoms with Crippen molar-refractivity contribution < 1.29 is 0 Å². The zero-order valence-corrected chi connectivity index (χ0v) is 13.5. The van der Waals surface area contributed by atoms with Crippen LogP contribution < -0.4 is 0 Å². The Kier molecular flexibility index (Phi) is 3.79. The molecule has 0 fully saturated rings. The van der Waals surface area contributed by atoms with E-state index in [9.17, 15) is 0 Å². The van der Waals surface area contributed by atoms with Gasteiger partial charge >= 0.3 is 0 Å². The Bertz CT molecular complexity index is 857. The molecule has 0 spiro atoms. The molecular weight excluding hydrogens is 376 g/mol. The topological polar surface area (TPSA) is 0 Å². The van der Waals surface area contributed by atoms with Gasteiger partial charge in [0.2, 0.25) is 0 Å². The minimum absolute atomic E-state index is 1.02. The van der Waals surface area contributed by atoms with Crippen molar-refractivity contribution in [2.75, 3.05) is 0 Å². The molecule has 3 aromatic carbocycles. The van der Waals surface area contributed by atoms with Crippen LogP contribution in [0.2, 0.25) is 0 Å². The van der Waals surface area contributed by atoms with Crippen LogP contribution in [0.3, 0.4) is 0 Å². The van der Waals surface area contributed by atoms with Crippen molar-refractivity contribution in [3.05, 3.63) is 59.7 Å². The molecule has 2 heteroatoms. The normalized spacial score (nSPS) is 9.70. The summed E-state index contributed by atoms with van der Waals surface area (Å²) < 4.78 is 0. The first kappa shape index (κ1) is 13.3. The van der Waals surface area contributed by atoms with Crippen LogP contribution in [0.4, 0.5) is 0 Å². The Morgan fingerprint density at radius 1 is 0.650 bits per heavy atom. The number of rotatable bonds is 0. The van der Waals surface area contributed by atoms with Crippen molar-refractivity contribution in [2.24, 2.45) is 0 Å². The average Bonchev–Trinajstić information content (AvgIpc) is 2.47. The van der Waals surface area contributed by atoms with Crippen molar-refractivity contribution in [2.45, 2.75) is 0 Å². The smallest absolute Gasteiger partial charge is 0.0332 e. The molecule has 0 radical (unpaired) electrons. The predicted molar refractivity (Wildman–Crippen MR) is 93.1 cm³/mol. The van der Waals surface area contributed by atoms with E-state index >= 15 is 0 Å². The number of hydrogen-bond donors (Lipinski definition) is 0. The molecule has 0 aliphatic heterocycles. The van der Waals surface area contributed by atoms with Crippen molar-refractivity contribution in [3.63, 3.8) is 0 Å². The highest BCUT2D eigenvalue weighted by Gasteiger charge is 2.04. The number of halogens is 2. The third-order valence-electron chi connectivity index (χ3n) is 3.24. The molecule has 94 valence electrons. The first-order valence-electron chi connectivity index (χ1n) is 6.02. The highest BCUT2D eigenvalue weighted by atomic mass is 79.9. The van der Waals surface area contributed by atoms with Crippen molar-refractivity contribution in [3.8, 4) is 21.5 Å². The maximum absolute atomic E-state index is 3.17. The summed E-state index contributed by atoms with van der Waals surface area (Å²) in [4.78, 5) is 5.58. The number of fused-ring (bicyclic) bond motifs is 2. The average molecular weight is 384 g/mol. The largest absolute Gasteiger partial charge is 0.0604 e. The molecule has 0 bridgehead atoms. The highest BCUT2D eigenvalue weighted by molar-refractivity contribution is 9.12. The first-order chi connectivity index (χ1) is 9.83. The van der Waals surface area contributed by atoms with Crippen LogP contribution in [0.5, 0.6) is 0 Å². The fourth-order valence-corrected chi connectivity index (χ4v) is 2.80. The summed E-state index contributed by atoms with van der Waals surface area (Å²) in [5.74, 6) is 6.18. The lowest BCUT2D eigenvalue weighted by atomic mass is 9.97. The Hall–Kier alpha value is -1.74. The zero-order valence-electron chi connectivity index (χ0n) is 10.4. The van der Waals surface area contributed by atoms with Crippen LogP contribution in [-0.2, 0) is 0 Å². The molecule has 0 aliphatic carbocycles. The molecular formula is C18H8Br2. The van der Waals surface area contributed by atoms with Crippen LogP contribution in [-0.4, -0.2) is 0 Å². The van der Waals surface area contributed by atoms with E-state index in [-0.39, 0.29) is 0 Å². The zero-order chi connectivity index (χ0) is 13.9. The second kappa shape index (κ2) is 5.71. The molecule has 3 rings (SSSR count). The summed E-state index contributed by atoms with van der Waals surface area (Å²) in [5.41, 5.74) is 2.03. The molecule has 0 nitrogen and oxygen atoms in total. The molecule has 0 saturated carbocycles. The van der Waals surface area contributed by atoms with E-state index in [1.165, 1.54) is 10.8 Å². The molecule has 0 aromatic heterocycles. The summed E-state index contributed by atoms with van der Waals surface area (Å²) in [6.45, 7) is 0. The van der Waals surface area contributed by atoms with Crippen molar-refractivity contribution >= 4 is 53.4 Å². The Balaban J connectivity index is 2.46. The lowest BCUT2D eigenvalue weighted by Crippen LogP contribution is -1.84. The van der Waals surface area contributed by atoms with Gasteiger partial charge in [0.05, 0.1) is 0 Å². The van der Waals surface area contributed by atoms with Gasteiger partial charge in [-0.3, -0.25) is 0 Å². The van der Waals surface area contributed by atoms with Crippen LogP contribution in [0.25, 0.3) is 21.5 Å². The summed E-state index contributed by atoms with van der Waals surface area (Å²) in [6.07, 6.45) is 0. The van der Waals surface area contributed by atoms with E-state index in [4.69, 9.17) is 0 Å². The van der Waals surface area contributed by atoms with Crippen LogP contribution in [0.15, 0.2) is 48.5 Å². The van der Waals surface area contributed by atoms with Gasteiger partial charge in [-0.2, -0.15) is 0 Å². The molecule has 0 atom stereocenters. The van der Waals surface area contributed by atoms with E-state index in [0.717, 1.165) is 21.9 Å². The molecule has 0 unspecified atom stereocenters. The maximum Gasteiger partial charge on any atom is 0.0332 e. The molecule has 0 heterocycles. The van der Waals surface area contributed by atoms with Gasteiger partial charge in [0.15, 0.2) is 0 Å². The third kappa shape index (κ3) is 2.34. The van der Waals surface area contributed by atoms with Gasteiger partial charge in [0, 0.05) is 43.0 Å². The second-order valence-electron chi connectivity index (χ2n) is 4.34. The van der Waals surface area contributed by atoms with E-state index in [2.05, 4.69) is 77.6 Å². The van der Waals surface area contributed by atoms with Crippen LogP contribution in [0.1, 0.15) is 11.1 Å². The quantitative estimate of drug-likeness (QED) is 0.360. The molecule has 20 heavy (non-hydrogen) atoms. The maximum atomic E-state index is 3.17. The lowest BCUT2D eigenvalue weighted by molar-refractivity contribution is 1.70. The summed E-state index contributed by atoms with van der Waals surface area (Å²) in [7, 11) is 0. The minimum atomic E-state index is 1.02. The van der Waals surface area contributed by atoms with Gasteiger partial charge in [-0.25, -0.2) is 0 Å². The predicted octanol–water partition coefficient (Wildman–Crippen LogP) is 5.40. The van der Waals surface area contributed by atoms with Crippen LogP contribution in [0, 0.1) is 21.5 Å². The third-order valence-corrected chi connectivity index (χ3v) is 3.64. The SMILES string of the molecule is BrC#Cc1cccc2cc3cccc(C#CBr)c3cc12. The second-order valence-corrected chi connectivity index (χ2v) is 5.14. The Morgan fingerprint density at radius 2 is 1.15 bits per heavy atom. The monoisotopic (exact) mass is 382 g/mol. The highest BCUT2D eigenvalue weighted by Crippen LogP contribution is 2.27. The van der Waals surface area contributed by atoms with Gasteiger partial charge in [0.1, 0.15) is 0 Å². The van der Waals surface area contributed by atoms with Gasteiger partial charge in [0.25, 0.3) is 0 Å². The molecule has 3 aromatic rings. The van der Waals surface area contributed by atoms with Crippen LogP contribution >= 0.6 is 31.9 Å². The van der Waals surface area contributed by atoms with Gasteiger partial charge in [-0.15, -0.1) is 0 Å². The van der Waals surface area contributed by atoms with Crippen molar-refractivity contribution in [1.29, 1.82) is 0 Å². The Morgan fingerprint density at radius 3 is 1.60 bits per heavy atom. The fraction of sp³-hybridized carbons (Fsp3) is 0. The molecule has 0 aliphatic rings. The number of hydrogen-bond acceptors (Lipinski definition) is 0. The summed E-state index contributed by atoms with van der Waals surface area (Å²) in [5, 5.41) is 4.68. The van der Waals surface area contributed by atoms with Gasteiger partial charge in [-0.1, -0.05) is 36.1 Å². The van der Waals surface area contributed by atoms with Gasteiger partial charge < -0.3 is 0 Å². The van der Waals surface area contributed by atoms with Crippen molar-refractivity contribution in [1.82, 2.24) is 0 Å². The molecule has 0 N–H and O–H groups in total. The molecule has 0 amide bonds. The van der Waals surface area contributed by atoms with E-state index < -0.39 is 0 Å².